The third-order valence-corrected chi connectivity index (χ3v) is 7.02. The molecule has 0 radical (unpaired) electrons. The summed E-state index contributed by atoms with van der Waals surface area (Å²) in [6.45, 7) is 1.35. The van der Waals surface area contributed by atoms with Gasteiger partial charge in [0.1, 0.15) is 11.5 Å². The van der Waals surface area contributed by atoms with Crippen LogP contribution in [0.4, 0.5) is 5.69 Å². The molecule has 1 saturated heterocycles. The first kappa shape index (κ1) is 19.6. The first-order valence-corrected chi connectivity index (χ1v) is 10.5. The van der Waals surface area contributed by atoms with Crippen LogP contribution in [0.1, 0.15) is 9.67 Å². The molecule has 1 fully saturated rings. The molecule has 1 amide bonds. The summed E-state index contributed by atoms with van der Waals surface area (Å²) >= 11 is 1.07. The van der Waals surface area contributed by atoms with Gasteiger partial charge < -0.3 is 19.5 Å². The molecular weight excluding hydrogens is 392 g/mol. The van der Waals surface area contributed by atoms with Gasteiger partial charge in [-0.25, -0.2) is 8.42 Å². The topological polar surface area (TPSA) is 94.2 Å². The number of anilines is 1. The second kappa shape index (κ2) is 8.26. The first-order valence-electron chi connectivity index (χ1n) is 8.15. The summed E-state index contributed by atoms with van der Waals surface area (Å²) in [4.78, 5) is 12.9. The molecule has 146 valence electrons. The van der Waals surface area contributed by atoms with E-state index in [9.17, 15) is 13.2 Å². The lowest BCUT2D eigenvalue weighted by molar-refractivity contribution is 0.0730. The number of ether oxygens (including phenoxy) is 3. The number of morpholine rings is 1. The van der Waals surface area contributed by atoms with Crippen molar-refractivity contribution < 1.29 is 27.4 Å². The molecule has 1 N–H and O–H groups in total. The Bertz CT molecular complexity index is 919. The number of nitrogens with one attached hydrogen (secondary N) is 1. The van der Waals surface area contributed by atoms with E-state index in [1.807, 2.05) is 0 Å². The molecule has 0 bridgehead atoms. The number of benzene rings is 1. The van der Waals surface area contributed by atoms with Crippen LogP contribution in [0.3, 0.4) is 0 Å². The molecular formula is C17H20N2O6S2. The fraction of sp³-hybridized carbons (Fsp3) is 0.353. The van der Waals surface area contributed by atoms with Crippen LogP contribution in [0, 0.1) is 0 Å². The molecule has 0 saturated carbocycles. The second-order valence-corrected chi connectivity index (χ2v) is 8.53. The van der Waals surface area contributed by atoms with Gasteiger partial charge in [-0.3, -0.25) is 4.79 Å². The van der Waals surface area contributed by atoms with Gasteiger partial charge in [0.05, 0.1) is 42.9 Å². The van der Waals surface area contributed by atoms with Crippen molar-refractivity contribution in [3.63, 3.8) is 0 Å². The van der Waals surface area contributed by atoms with Crippen LogP contribution in [0.5, 0.6) is 11.5 Å². The molecule has 2 heterocycles. The number of amides is 1. The van der Waals surface area contributed by atoms with Crippen molar-refractivity contribution in [2.75, 3.05) is 45.8 Å². The van der Waals surface area contributed by atoms with E-state index in [1.54, 1.807) is 18.2 Å². The molecule has 1 aromatic heterocycles. The van der Waals surface area contributed by atoms with Crippen molar-refractivity contribution in [1.29, 1.82) is 0 Å². The molecule has 1 aromatic carbocycles. The molecule has 27 heavy (non-hydrogen) atoms. The number of nitrogens with zero attached hydrogens (tertiary/aromatic N) is 1. The third kappa shape index (κ3) is 4.24. The Morgan fingerprint density at radius 2 is 1.93 bits per heavy atom. The minimum Gasteiger partial charge on any atom is -0.497 e. The summed E-state index contributed by atoms with van der Waals surface area (Å²) in [6, 6.07) is 6.40. The van der Waals surface area contributed by atoms with Gasteiger partial charge in [-0.1, -0.05) is 0 Å². The van der Waals surface area contributed by atoms with Crippen LogP contribution < -0.4 is 14.8 Å². The number of sulfonamides is 1. The van der Waals surface area contributed by atoms with Crippen molar-refractivity contribution in [1.82, 2.24) is 4.31 Å². The van der Waals surface area contributed by atoms with Gasteiger partial charge in [0.2, 0.25) is 10.0 Å². The highest BCUT2D eigenvalue weighted by Crippen LogP contribution is 2.30. The fourth-order valence-corrected chi connectivity index (χ4v) is 5.16. The zero-order valence-corrected chi connectivity index (χ0v) is 16.6. The summed E-state index contributed by atoms with van der Waals surface area (Å²) in [6.07, 6.45) is 0. The van der Waals surface area contributed by atoms with Gasteiger partial charge in [-0.2, -0.15) is 4.31 Å². The minimum atomic E-state index is -3.63. The highest BCUT2D eigenvalue weighted by Gasteiger charge is 2.28. The molecule has 3 rings (SSSR count). The Morgan fingerprint density at radius 1 is 1.19 bits per heavy atom. The van der Waals surface area contributed by atoms with E-state index in [2.05, 4.69) is 5.32 Å². The molecule has 8 nitrogen and oxygen atoms in total. The number of rotatable bonds is 6. The quantitative estimate of drug-likeness (QED) is 0.780. The number of carbonyl (C=O) groups excluding carboxylic acids is 1. The number of carbonyl (C=O) groups is 1. The Hall–Kier alpha value is -2.14. The SMILES string of the molecule is COc1ccc(NC(=O)c2cc(S(=O)(=O)N3CCOCC3)cs2)c(OC)c1. The number of hydrogen-bond donors (Lipinski definition) is 1. The maximum absolute atomic E-state index is 12.7. The Kier molecular flexibility index (Phi) is 6.00. The van der Waals surface area contributed by atoms with E-state index in [-0.39, 0.29) is 4.90 Å². The summed E-state index contributed by atoms with van der Waals surface area (Å²) in [5.41, 5.74) is 0.467. The highest BCUT2D eigenvalue weighted by atomic mass is 32.2. The van der Waals surface area contributed by atoms with E-state index in [4.69, 9.17) is 14.2 Å². The van der Waals surface area contributed by atoms with Crippen molar-refractivity contribution in [3.8, 4) is 11.5 Å². The number of thiophene rings is 1. The van der Waals surface area contributed by atoms with Crippen molar-refractivity contribution in [2.24, 2.45) is 0 Å². The predicted octanol–water partition coefficient (Wildman–Crippen LogP) is 2.04. The van der Waals surface area contributed by atoms with Crippen molar-refractivity contribution in [2.45, 2.75) is 4.90 Å². The Balaban J connectivity index is 1.77. The van der Waals surface area contributed by atoms with Crippen LogP contribution in [-0.2, 0) is 14.8 Å². The monoisotopic (exact) mass is 412 g/mol. The van der Waals surface area contributed by atoms with E-state index in [0.717, 1.165) is 11.3 Å². The molecule has 2 aromatic rings. The molecule has 10 heteroatoms. The number of hydrogen-bond acceptors (Lipinski definition) is 7. The predicted molar refractivity (Wildman–Crippen MR) is 101 cm³/mol. The standard InChI is InChI=1S/C17H20N2O6S2/c1-23-12-3-4-14(15(9-12)24-2)18-17(20)16-10-13(11-26-16)27(21,22)19-5-7-25-8-6-19/h3-4,9-11H,5-8H2,1-2H3,(H,18,20). The average Bonchev–Trinajstić information content (AvgIpc) is 3.20. The zero-order valence-electron chi connectivity index (χ0n) is 14.9. The zero-order chi connectivity index (χ0) is 19.4. The fourth-order valence-electron chi connectivity index (χ4n) is 2.59. The van der Waals surface area contributed by atoms with Gasteiger partial charge in [-0.05, 0) is 18.2 Å². The Labute approximate surface area is 161 Å². The van der Waals surface area contributed by atoms with E-state index in [0.29, 0.717) is 48.4 Å². The van der Waals surface area contributed by atoms with Gasteiger partial charge in [-0.15, -0.1) is 11.3 Å². The van der Waals surface area contributed by atoms with Crippen molar-refractivity contribution in [3.05, 3.63) is 34.5 Å². The highest BCUT2D eigenvalue weighted by molar-refractivity contribution is 7.89. The minimum absolute atomic E-state index is 0.112. The number of methoxy groups -OCH3 is 2. The van der Waals surface area contributed by atoms with E-state index in [1.165, 1.54) is 30.0 Å². The summed E-state index contributed by atoms with van der Waals surface area (Å²) < 4.78 is 42.3. The van der Waals surface area contributed by atoms with Crippen molar-refractivity contribution >= 4 is 33.0 Å². The van der Waals surface area contributed by atoms with Crippen LogP contribution in [0.15, 0.2) is 34.5 Å². The van der Waals surface area contributed by atoms with Crippen LogP contribution in [-0.4, -0.2) is 59.2 Å². The second-order valence-electron chi connectivity index (χ2n) is 5.68. The Morgan fingerprint density at radius 3 is 2.59 bits per heavy atom. The van der Waals surface area contributed by atoms with Gasteiger partial charge in [0.15, 0.2) is 0 Å². The molecule has 0 spiro atoms. The van der Waals surface area contributed by atoms with Crippen LogP contribution in [0.25, 0.3) is 0 Å². The van der Waals surface area contributed by atoms with Crippen LogP contribution >= 0.6 is 11.3 Å². The van der Waals surface area contributed by atoms with E-state index >= 15 is 0 Å². The summed E-state index contributed by atoms with van der Waals surface area (Å²) in [5, 5.41) is 4.21. The molecule has 0 aliphatic carbocycles. The molecule has 1 aliphatic heterocycles. The maximum atomic E-state index is 12.7. The lowest BCUT2D eigenvalue weighted by Crippen LogP contribution is -2.40. The average molecular weight is 412 g/mol. The lowest BCUT2D eigenvalue weighted by Gasteiger charge is -2.25. The maximum Gasteiger partial charge on any atom is 0.265 e. The lowest BCUT2D eigenvalue weighted by atomic mass is 10.2. The normalized spacial score (nSPS) is 15.3. The smallest absolute Gasteiger partial charge is 0.265 e. The van der Waals surface area contributed by atoms with Gasteiger partial charge in [0, 0.05) is 24.5 Å². The molecule has 0 unspecified atom stereocenters. The van der Waals surface area contributed by atoms with Gasteiger partial charge >= 0.3 is 0 Å². The largest absolute Gasteiger partial charge is 0.497 e. The third-order valence-electron chi connectivity index (χ3n) is 4.06. The van der Waals surface area contributed by atoms with Crippen LogP contribution in [0.2, 0.25) is 0 Å². The summed E-state index contributed by atoms with van der Waals surface area (Å²) in [5.74, 6) is 0.632. The molecule has 1 aliphatic rings. The molecule has 0 atom stereocenters. The first-order chi connectivity index (χ1) is 13.0. The van der Waals surface area contributed by atoms with Gasteiger partial charge in [0.25, 0.3) is 5.91 Å². The summed E-state index contributed by atoms with van der Waals surface area (Å²) in [7, 11) is -0.601. The van der Waals surface area contributed by atoms with E-state index < -0.39 is 15.9 Å².